The first-order valence-electron chi connectivity index (χ1n) is 12.1. The average Bonchev–Trinajstić information content (AvgIpc) is 3.54. The lowest BCUT2D eigenvalue weighted by Crippen LogP contribution is -1.88. The molecule has 3 nitrogen and oxygen atoms in total. The molecule has 0 atom stereocenters. The Bertz CT molecular complexity index is 1430. The fourth-order valence-electron chi connectivity index (χ4n) is 4.22. The van der Waals surface area contributed by atoms with E-state index in [4.69, 9.17) is 13.9 Å². The van der Waals surface area contributed by atoms with Crippen molar-refractivity contribution in [3.05, 3.63) is 120 Å². The number of alkyl halides is 1. The predicted molar refractivity (Wildman–Crippen MR) is 157 cm³/mol. The van der Waals surface area contributed by atoms with E-state index in [-0.39, 0.29) is 6.61 Å². The zero-order valence-electron chi connectivity index (χ0n) is 19.9. The van der Waals surface area contributed by atoms with E-state index in [1.165, 1.54) is 10.9 Å². The molecule has 4 aromatic carbocycles. The highest BCUT2D eigenvalue weighted by atomic mass is 127. The Morgan fingerprint density at radius 1 is 0.556 bits per heavy atom. The predicted octanol–water partition coefficient (Wildman–Crippen LogP) is 8.71. The molecule has 0 amide bonds. The van der Waals surface area contributed by atoms with Gasteiger partial charge in [-0.3, -0.25) is 0 Å². The maximum Gasteiger partial charge on any atom is 0.135 e. The van der Waals surface area contributed by atoms with Crippen LogP contribution in [0.3, 0.4) is 0 Å². The second kappa shape index (κ2) is 11.6. The van der Waals surface area contributed by atoms with E-state index in [0.717, 1.165) is 55.6 Å². The molecule has 6 aromatic rings. The van der Waals surface area contributed by atoms with Crippen molar-refractivity contribution in [3.8, 4) is 22.6 Å². The molecule has 0 spiro atoms. The fourth-order valence-corrected chi connectivity index (χ4v) is 4.85. The zero-order valence-corrected chi connectivity index (χ0v) is 22.0. The van der Waals surface area contributed by atoms with Crippen LogP contribution < -0.4 is 0 Å². The topological polar surface area (TPSA) is 46.5 Å². The lowest BCUT2D eigenvalue weighted by atomic mass is 10.1. The maximum absolute atomic E-state index is 8.95. The van der Waals surface area contributed by atoms with Crippen LogP contribution in [-0.4, -0.2) is 16.1 Å². The van der Waals surface area contributed by atoms with Crippen LogP contribution in [0.5, 0.6) is 0 Å². The van der Waals surface area contributed by atoms with Gasteiger partial charge in [0.2, 0.25) is 0 Å². The Balaban J connectivity index is 0.000000148. The molecule has 0 fully saturated rings. The largest absolute Gasteiger partial charge is 0.456 e. The minimum absolute atomic E-state index is 0.175. The van der Waals surface area contributed by atoms with E-state index in [1.807, 2.05) is 66.7 Å². The van der Waals surface area contributed by atoms with E-state index in [9.17, 15) is 0 Å². The first kappa shape index (κ1) is 24.3. The van der Waals surface area contributed by atoms with Gasteiger partial charge < -0.3 is 13.9 Å². The van der Waals surface area contributed by atoms with Gasteiger partial charge in [0.15, 0.2) is 0 Å². The standard InChI is InChI=1S/C16H13IO.C16H14O2/c2*17-9-8-12-6-7-15-14(10-12)11-16(18-15)13-4-2-1-3-5-13/h1-7,10-11H,8-9H2;1-7,10-11,17H,8-9H2. The normalized spacial score (nSPS) is 10.9. The van der Waals surface area contributed by atoms with Gasteiger partial charge in [-0.05, 0) is 60.4 Å². The number of hydrogen-bond donors (Lipinski definition) is 1. The number of aliphatic hydroxyl groups excluding tert-OH is 1. The third-order valence-corrected chi connectivity index (χ3v) is 6.60. The summed E-state index contributed by atoms with van der Waals surface area (Å²) in [4.78, 5) is 0. The van der Waals surface area contributed by atoms with Gasteiger partial charge in [-0.15, -0.1) is 0 Å². The first-order chi connectivity index (χ1) is 17.7. The number of halogens is 1. The van der Waals surface area contributed by atoms with Gasteiger partial charge in [0.1, 0.15) is 22.7 Å². The van der Waals surface area contributed by atoms with Crippen LogP contribution in [0.25, 0.3) is 44.6 Å². The first-order valence-corrected chi connectivity index (χ1v) is 13.6. The van der Waals surface area contributed by atoms with Gasteiger partial charge in [-0.25, -0.2) is 0 Å². The van der Waals surface area contributed by atoms with Crippen LogP contribution in [0.4, 0.5) is 0 Å². The van der Waals surface area contributed by atoms with E-state index in [2.05, 4.69) is 65.1 Å². The molecule has 2 heterocycles. The van der Waals surface area contributed by atoms with Gasteiger partial charge in [0, 0.05) is 32.9 Å². The van der Waals surface area contributed by atoms with Crippen LogP contribution in [0, 0.1) is 0 Å². The summed E-state index contributed by atoms with van der Waals surface area (Å²) >= 11 is 2.41. The number of fused-ring (bicyclic) bond motifs is 2. The average molecular weight is 586 g/mol. The third-order valence-electron chi connectivity index (χ3n) is 6.06. The maximum atomic E-state index is 8.95. The van der Waals surface area contributed by atoms with Gasteiger partial charge >= 0.3 is 0 Å². The molecule has 0 unspecified atom stereocenters. The molecule has 36 heavy (non-hydrogen) atoms. The molecule has 0 aliphatic rings. The van der Waals surface area contributed by atoms with Crippen molar-refractivity contribution in [2.45, 2.75) is 12.8 Å². The number of aliphatic hydroxyl groups is 1. The molecule has 2 aromatic heterocycles. The van der Waals surface area contributed by atoms with Crippen LogP contribution in [0.2, 0.25) is 0 Å². The van der Waals surface area contributed by atoms with Crippen LogP contribution in [0.15, 0.2) is 118 Å². The van der Waals surface area contributed by atoms with Gasteiger partial charge in [-0.2, -0.15) is 0 Å². The molecule has 4 heteroatoms. The molecule has 6 rings (SSSR count). The monoisotopic (exact) mass is 586 g/mol. The molecule has 1 N–H and O–H groups in total. The summed E-state index contributed by atoms with van der Waals surface area (Å²) in [7, 11) is 0. The molecule has 0 aliphatic heterocycles. The van der Waals surface area contributed by atoms with Crippen molar-refractivity contribution in [2.24, 2.45) is 0 Å². The number of benzene rings is 4. The third kappa shape index (κ3) is 5.72. The van der Waals surface area contributed by atoms with Crippen LogP contribution >= 0.6 is 22.6 Å². The minimum Gasteiger partial charge on any atom is -0.456 e. The number of furan rings is 2. The minimum atomic E-state index is 0.175. The summed E-state index contributed by atoms with van der Waals surface area (Å²) in [5.74, 6) is 1.82. The highest BCUT2D eigenvalue weighted by Gasteiger charge is 2.07. The van der Waals surface area contributed by atoms with Crippen molar-refractivity contribution < 1.29 is 13.9 Å². The highest BCUT2D eigenvalue weighted by molar-refractivity contribution is 14.1. The second-order valence-electron chi connectivity index (χ2n) is 8.61. The SMILES string of the molecule is ICCc1ccc2oc(-c3ccccc3)cc2c1.OCCc1ccc2oc(-c3ccccc3)cc2c1. The molecular weight excluding hydrogens is 559 g/mol. The summed E-state index contributed by atoms with van der Waals surface area (Å²) in [6.45, 7) is 0.175. The molecule has 0 saturated heterocycles. The smallest absolute Gasteiger partial charge is 0.135 e. The van der Waals surface area contributed by atoms with Gasteiger partial charge in [-0.1, -0.05) is 95.4 Å². The second-order valence-corrected chi connectivity index (χ2v) is 9.69. The van der Waals surface area contributed by atoms with E-state index >= 15 is 0 Å². The van der Waals surface area contributed by atoms with Crippen LogP contribution in [-0.2, 0) is 12.8 Å². The zero-order chi connectivity index (χ0) is 24.7. The lowest BCUT2D eigenvalue weighted by molar-refractivity contribution is 0.299. The van der Waals surface area contributed by atoms with E-state index < -0.39 is 0 Å². The summed E-state index contributed by atoms with van der Waals surface area (Å²) in [5.41, 5.74) is 6.56. The van der Waals surface area contributed by atoms with Crippen molar-refractivity contribution in [2.75, 3.05) is 11.0 Å². The number of hydrogen-bond acceptors (Lipinski definition) is 3. The summed E-state index contributed by atoms with van der Waals surface area (Å²) in [5, 5.41) is 11.2. The lowest BCUT2D eigenvalue weighted by Gasteiger charge is -1.96. The van der Waals surface area contributed by atoms with Crippen molar-refractivity contribution in [3.63, 3.8) is 0 Å². The summed E-state index contributed by atoms with van der Waals surface area (Å²) in [6, 6.07) is 36.9. The molecule has 0 radical (unpaired) electrons. The molecule has 0 saturated carbocycles. The van der Waals surface area contributed by atoms with Gasteiger partial charge in [0.05, 0.1) is 0 Å². The fraction of sp³-hybridized carbons (Fsp3) is 0.125. The Morgan fingerprint density at radius 3 is 1.47 bits per heavy atom. The Labute approximate surface area is 224 Å². The number of aryl methyl sites for hydroxylation is 1. The van der Waals surface area contributed by atoms with E-state index in [1.54, 1.807) is 0 Å². The van der Waals surface area contributed by atoms with Crippen molar-refractivity contribution in [1.82, 2.24) is 0 Å². The molecule has 0 bridgehead atoms. The van der Waals surface area contributed by atoms with E-state index in [0.29, 0.717) is 6.42 Å². The highest BCUT2D eigenvalue weighted by Crippen LogP contribution is 2.29. The van der Waals surface area contributed by atoms with Gasteiger partial charge in [0.25, 0.3) is 0 Å². The summed E-state index contributed by atoms with van der Waals surface area (Å²) in [6.07, 6.45) is 1.80. The summed E-state index contributed by atoms with van der Waals surface area (Å²) < 4.78 is 12.9. The Morgan fingerprint density at radius 2 is 1.03 bits per heavy atom. The Hall–Kier alpha value is -3.35. The van der Waals surface area contributed by atoms with Crippen molar-refractivity contribution in [1.29, 1.82) is 0 Å². The Kier molecular flexibility index (Phi) is 7.84. The molecule has 180 valence electrons. The molecular formula is C32H27IO3. The van der Waals surface area contributed by atoms with Crippen molar-refractivity contribution >= 4 is 44.5 Å². The molecule has 0 aliphatic carbocycles. The number of rotatable bonds is 6. The quantitative estimate of drug-likeness (QED) is 0.157. The van der Waals surface area contributed by atoms with Crippen LogP contribution in [0.1, 0.15) is 11.1 Å².